The van der Waals surface area contributed by atoms with Gasteiger partial charge in [0.05, 0.1) is 5.41 Å². The average molecular weight is 424 g/mol. The Morgan fingerprint density at radius 1 is 1.07 bits per heavy atom. The first-order valence-corrected chi connectivity index (χ1v) is 10.8. The standard InChI is InChI=1S/C22H23F3O3S/c1-29-15-28-19-8-7-17(13-18(19)23)21(9-11-22(24,25)12-10-21)20(26)27-14-16-5-3-2-4-6-16/h2-8,13H,9-12,14-15H2,1H3. The Morgan fingerprint density at radius 2 is 1.76 bits per heavy atom. The fraction of sp³-hybridized carbons (Fsp3) is 0.409. The highest BCUT2D eigenvalue weighted by Gasteiger charge is 2.50. The van der Waals surface area contributed by atoms with Crippen LogP contribution in [0.15, 0.2) is 48.5 Å². The quantitative estimate of drug-likeness (QED) is 0.421. The fourth-order valence-electron chi connectivity index (χ4n) is 3.55. The molecule has 3 rings (SSSR count). The van der Waals surface area contributed by atoms with E-state index in [9.17, 15) is 18.0 Å². The zero-order valence-corrected chi connectivity index (χ0v) is 16.9. The minimum Gasteiger partial charge on any atom is -0.480 e. The number of halogens is 3. The van der Waals surface area contributed by atoms with Crippen LogP contribution in [0.3, 0.4) is 0 Å². The second-order valence-electron chi connectivity index (χ2n) is 7.20. The van der Waals surface area contributed by atoms with Gasteiger partial charge >= 0.3 is 5.97 Å². The van der Waals surface area contributed by atoms with Gasteiger partial charge in [0.15, 0.2) is 11.6 Å². The molecule has 0 amide bonds. The van der Waals surface area contributed by atoms with Crippen LogP contribution >= 0.6 is 11.8 Å². The maximum absolute atomic E-state index is 14.5. The number of alkyl halides is 2. The molecule has 7 heteroatoms. The van der Waals surface area contributed by atoms with E-state index in [0.717, 1.165) is 5.56 Å². The minimum absolute atomic E-state index is 0.0369. The van der Waals surface area contributed by atoms with E-state index in [1.807, 2.05) is 36.6 Å². The molecule has 0 aliphatic heterocycles. The van der Waals surface area contributed by atoms with Crippen molar-refractivity contribution >= 4 is 17.7 Å². The Labute approximate surface area is 172 Å². The van der Waals surface area contributed by atoms with Crippen LogP contribution in [-0.2, 0) is 21.6 Å². The second kappa shape index (κ2) is 9.11. The molecule has 0 atom stereocenters. The van der Waals surface area contributed by atoms with E-state index in [1.165, 1.54) is 23.9 Å². The van der Waals surface area contributed by atoms with Crippen LogP contribution in [0.4, 0.5) is 13.2 Å². The van der Waals surface area contributed by atoms with Crippen LogP contribution in [0, 0.1) is 5.82 Å². The van der Waals surface area contributed by atoms with Gasteiger partial charge in [-0.15, -0.1) is 11.8 Å². The monoisotopic (exact) mass is 424 g/mol. The molecule has 0 N–H and O–H groups in total. The van der Waals surface area contributed by atoms with Gasteiger partial charge < -0.3 is 9.47 Å². The Kier molecular flexibility index (Phi) is 6.77. The lowest BCUT2D eigenvalue weighted by atomic mass is 9.68. The molecule has 0 spiro atoms. The predicted octanol–water partition coefficient (Wildman–Crippen LogP) is 5.72. The second-order valence-corrected chi connectivity index (χ2v) is 8.01. The van der Waals surface area contributed by atoms with E-state index in [2.05, 4.69) is 0 Å². The molecule has 3 nitrogen and oxygen atoms in total. The third-order valence-electron chi connectivity index (χ3n) is 5.26. The van der Waals surface area contributed by atoms with Crippen LogP contribution in [-0.4, -0.2) is 24.1 Å². The van der Waals surface area contributed by atoms with E-state index in [-0.39, 0.29) is 31.1 Å². The highest BCUT2D eigenvalue weighted by atomic mass is 32.2. The summed E-state index contributed by atoms with van der Waals surface area (Å²) in [5.74, 6) is -3.70. The van der Waals surface area contributed by atoms with Crippen molar-refractivity contribution in [2.45, 2.75) is 43.6 Å². The van der Waals surface area contributed by atoms with Gasteiger partial charge in [0.25, 0.3) is 0 Å². The van der Waals surface area contributed by atoms with Gasteiger partial charge in [-0.3, -0.25) is 4.79 Å². The van der Waals surface area contributed by atoms with Crippen molar-refractivity contribution in [2.24, 2.45) is 0 Å². The van der Waals surface area contributed by atoms with Crippen molar-refractivity contribution in [1.82, 2.24) is 0 Å². The Hall–Kier alpha value is -2.15. The summed E-state index contributed by atoms with van der Waals surface area (Å²) in [6.45, 7) is 0.0369. The molecule has 2 aromatic carbocycles. The normalized spacial score (nSPS) is 17.5. The molecule has 1 aliphatic rings. The van der Waals surface area contributed by atoms with E-state index in [0.29, 0.717) is 5.56 Å². The highest BCUT2D eigenvalue weighted by molar-refractivity contribution is 7.98. The van der Waals surface area contributed by atoms with Crippen LogP contribution in [0.5, 0.6) is 5.75 Å². The summed E-state index contributed by atoms with van der Waals surface area (Å²) in [4.78, 5) is 13.0. The van der Waals surface area contributed by atoms with Gasteiger partial charge in [0.1, 0.15) is 12.5 Å². The van der Waals surface area contributed by atoms with Crippen molar-refractivity contribution < 1.29 is 27.4 Å². The Morgan fingerprint density at radius 3 is 2.38 bits per heavy atom. The highest BCUT2D eigenvalue weighted by Crippen LogP contribution is 2.47. The van der Waals surface area contributed by atoms with Gasteiger partial charge in [0, 0.05) is 12.8 Å². The van der Waals surface area contributed by atoms with Gasteiger partial charge in [-0.1, -0.05) is 36.4 Å². The van der Waals surface area contributed by atoms with Gasteiger partial charge in [0.2, 0.25) is 5.92 Å². The van der Waals surface area contributed by atoms with Crippen LogP contribution in [0.25, 0.3) is 0 Å². The maximum atomic E-state index is 14.5. The molecule has 1 aliphatic carbocycles. The smallest absolute Gasteiger partial charge is 0.316 e. The predicted molar refractivity (Wildman–Crippen MR) is 107 cm³/mol. The summed E-state index contributed by atoms with van der Waals surface area (Å²) in [5, 5.41) is 0. The third-order valence-corrected chi connectivity index (χ3v) is 5.61. The maximum Gasteiger partial charge on any atom is 0.316 e. The Bertz CT molecular complexity index is 832. The molecule has 0 saturated heterocycles. The lowest BCUT2D eigenvalue weighted by Gasteiger charge is -2.38. The first-order chi connectivity index (χ1) is 13.9. The van der Waals surface area contributed by atoms with E-state index in [1.54, 1.807) is 6.07 Å². The molecule has 0 aromatic heterocycles. The summed E-state index contributed by atoms with van der Waals surface area (Å²) in [7, 11) is 0. The molecule has 1 fully saturated rings. The lowest BCUT2D eigenvalue weighted by Crippen LogP contribution is -2.43. The molecule has 0 unspecified atom stereocenters. The average Bonchev–Trinajstić information content (AvgIpc) is 2.72. The number of carbonyl (C=O) groups excluding carboxylic acids is 1. The fourth-order valence-corrected chi connectivity index (χ4v) is 3.80. The Balaban J connectivity index is 1.86. The third kappa shape index (κ3) is 5.07. The van der Waals surface area contributed by atoms with Gasteiger partial charge in [-0.05, 0) is 42.4 Å². The van der Waals surface area contributed by atoms with Crippen LogP contribution < -0.4 is 4.74 Å². The number of carbonyl (C=O) groups is 1. The van der Waals surface area contributed by atoms with Crippen molar-refractivity contribution in [3.05, 3.63) is 65.5 Å². The number of ether oxygens (including phenoxy) is 2. The molecule has 0 bridgehead atoms. The minimum atomic E-state index is -2.83. The van der Waals surface area contributed by atoms with Crippen molar-refractivity contribution in [3.8, 4) is 5.75 Å². The molecule has 0 heterocycles. The van der Waals surface area contributed by atoms with Crippen LogP contribution in [0.1, 0.15) is 36.8 Å². The van der Waals surface area contributed by atoms with Crippen LogP contribution in [0.2, 0.25) is 0 Å². The molecule has 2 aromatic rings. The lowest BCUT2D eigenvalue weighted by molar-refractivity contribution is -0.157. The summed E-state index contributed by atoms with van der Waals surface area (Å²) in [6, 6.07) is 13.3. The van der Waals surface area contributed by atoms with E-state index >= 15 is 0 Å². The molecule has 156 valence electrons. The van der Waals surface area contributed by atoms with E-state index in [4.69, 9.17) is 9.47 Å². The number of benzene rings is 2. The topological polar surface area (TPSA) is 35.5 Å². The SMILES string of the molecule is CSCOc1ccc(C2(C(=O)OCc3ccccc3)CCC(F)(F)CC2)cc1F. The zero-order chi connectivity index (χ0) is 20.9. The summed E-state index contributed by atoms with van der Waals surface area (Å²) < 4.78 is 53.0. The zero-order valence-electron chi connectivity index (χ0n) is 16.1. The van der Waals surface area contributed by atoms with Gasteiger partial charge in [-0.2, -0.15) is 0 Å². The van der Waals surface area contributed by atoms with E-state index < -0.39 is 36.0 Å². The van der Waals surface area contributed by atoms with Crippen molar-refractivity contribution in [3.63, 3.8) is 0 Å². The first-order valence-electron chi connectivity index (χ1n) is 9.37. The molecular formula is C22H23F3O3S. The molecule has 1 saturated carbocycles. The molecule has 29 heavy (non-hydrogen) atoms. The summed E-state index contributed by atoms with van der Waals surface area (Å²) in [5.41, 5.74) is -0.154. The number of rotatable bonds is 7. The number of thioether (sulfide) groups is 1. The number of esters is 1. The van der Waals surface area contributed by atoms with Crippen molar-refractivity contribution in [1.29, 1.82) is 0 Å². The summed E-state index contributed by atoms with van der Waals surface area (Å²) in [6.07, 6.45) is 0.738. The number of hydrogen-bond donors (Lipinski definition) is 0. The van der Waals surface area contributed by atoms with Gasteiger partial charge in [-0.25, -0.2) is 13.2 Å². The van der Waals surface area contributed by atoms with Crippen molar-refractivity contribution in [2.75, 3.05) is 12.2 Å². The molecular weight excluding hydrogens is 401 g/mol. The summed E-state index contributed by atoms with van der Waals surface area (Å²) >= 11 is 1.40. The number of hydrogen-bond acceptors (Lipinski definition) is 4. The largest absolute Gasteiger partial charge is 0.480 e. The first kappa shape index (κ1) is 21.6. The molecule has 0 radical (unpaired) electrons.